The van der Waals surface area contributed by atoms with Gasteiger partial charge in [-0.2, -0.15) is 10.5 Å². The summed E-state index contributed by atoms with van der Waals surface area (Å²) in [4.78, 5) is 13.1. The minimum Gasteiger partial charge on any atom is -0.375 e. The van der Waals surface area contributed by atoms with Crippen LogP contribution in [0.5, 0.6) is 0 Å². The second-order valence-corrected chi connectivity index (χ2v) is 7.79. The highest BCUT2D eigenvalue weighted by Crippen LogP contribution is 2.54. The summed E-state index contributed by atoms with van der Waals surface area (Å²) in [6.45, 7) is 0. The highest BCUT2D eigenvalue weighted by molar-refractivity contribution is 6.30. The molecular formula is C25H18ClN3O. The van der Waals surface area contributed by atoms with Crippen LogP contribution in [0.25, 0.3) is 0 Å². The van der Waals surface area contributed by atoms with E-state index in [4.69, 9.17) is 11.6 Å². The number of carbonyl (C=O) groups excluding carboxylic acids is 1. The van der Waals surface area contributed by atoms with E-state index in [0.717, 1.165) is 16.8 Å². The summed E-state index contributed by atoms with van der Waals surface area (Å²) in [6.07, 6.45) is 0.0634. The number of Topliss-reactive ketones (excluding diaryl/α,β-unsaturated/α-hetero) is 1. The van der Waals surface area contributed by atoms with E-state index >= 15 is 0 Å². The molecule has 5 heteroatoms. The number of nitrogens with one attached hydrogen (secondary N) is 1. The number of hydrogen-bond donors (Lipinski definition) is 1. The van der Waals surface area contributed by atoms with Crippen molar-refractivity contribution in [2.24, 2.45) is 5.41 Å². The van der Waals surface area contributed by atoms with Gasteiger partial charge in [-0.15, -0.1) is 0 Å². The van der Waals surface area contributed by atoms with Gasteiger partial charge in [0.05, 0.1) is 18.2 Å². The molecule has 0 aromatic heterocycles. The predicted octanol–water partition coefficient (Wildman–Crippen LogP) is 5.90. The van der Waals surface area contributed by atoms with Crippen LogP contribution in [0.15, 0.2) is 78.9 Å². The molecular weight excluding hydrogens is 394 g/mol. The monoisotopic (exact) mass is 411 g/mol. The normalized spacial score (nSPS) is 18.9. The second kappa shape index (κ2) is 8.03. The van der Waals surface area contributed by atoms with Gasteiger partial charge in [0.2, 0.25) is 0 Å². The maximum absolute atomic E-state index is 13.1. The zero-order valence-electron chi connectivity index (χ0n) is 16.0. The Kier molecular flexibility index (Phi) is 5.27. The van der Waals surface area contributed by atoms with Crippen molar-refractivity contribution >= 4 is 23.1 Å². The van der Waals surface area contributed by atoms with Gasteiger partial charge in [-0.1, -0.05) is 72.3 Å². The van der Waals surface area contributed by atoms with E-state index in [-0.39, 0.29) is 12.2 Å². The first-order valence-electron chi connectivity index (χ1n) is 9.60. The van der Waals surface area contributed by atoms with Crippen molar-refractivity contribution < 1.29 is 4.79 Å². The van der Waals surface area contributed by atoms with Crippen molar-refractivity contribution in [3.8, 4) is 12.1 Å². The average Bonchev–Trinajstić information content (AvgIpc) is 2.80. The summed E-state index contributed by atoms with van der Waals surface area (Å²) in [7, 11) is 0. The molecule has 2 atom stereocenters. The van der Waals surface area contributed by atoms with Gasteiger partial charge in [-0.05, 0) is 29.3 Å². The van der Waals surface area contributed by atoms with E-state index in [0.29, 0.717) is 10.6 Å². The Hall–Kier alpha value is -3.60. The van der Waals surface area contributed by atoms with Crippen LogP contribution in [0.4, 0.5) is 5.69 Å². The van der Waals surface area contributed by atoms with Gasteiger partial charge >= 0.3 is 0 Å². The Morgan fingerprint density at radius 2 is 1.57 bits per heavy atom. The second-order valence-electron chi connectivity index (χ2n) is 7.35. The smallest absolute Gasteiger partial charge is 0.175 e. The maximum Gasteiger partial charge on any atom is 0.175 e. The number of halogens is 1. The first kappa shape index (κ1) is 19.7. The van der Waals surface area contributed by atoms with Crippen LogP contribution < -0.4 is 5.32 Å². The summed E-state index contributed by atoms with van der Waals surface area (Å²) >= 11 is 6.04. The molecule has 4 nitrogen and oxygen atoms in total. The van der Waals surface area contributed by atoms with Crippen LogP contribution in [0.1, 0.15) is 39.9 Å². The zero-order valence-corrected chi connectivity index (χ0v) is 16.8. The minimum atomic E-state index is -1.47. The van der Waals surface area contributed by atoms with Crippen LogP contribution in [-0.4, -0.2) is 5.78 Å². The third-order valence-corrected chi connectivity index (χ3v) is 5.95. The van der Waals surface area contributed by atoms with Gasteiger partial charge in [0, 0.05) is 28.6 Å². The van der Waals surface area contributed by atoms with Gasteiger partial charge in [-0.25, -0.2) is 0 Å². The molecule has 1 N–H and O–H groups in total. The van der Waals surface area contributed by atoms with Gasteiger partial charge in [0.15, 0.2) is 11.2 Å². The molecule has 0 saturated heterocycles. The lowest BCUT2D eigenvalue weighted by Gasteiger charge is -2.42. The molecule has 1 aliphatic heterocycles. The van der Waals surface area contributed by atoms with Crippen molar-refractivity contribution in [1.29, 1.82) is 10.5 Å². The summed E-state index contributed by atoms with van der Waals surface area (Å²) in [5.41, 5.74) is 1.50. The number of rotatable bonds is 4. The van der Waals surface area contributed by atoms with E-state index in [1.54, 1.807) is 24.3 Å². The van der Waals surface area contributed by atoms with E-state index in [1.165, 1.54) is 0 Å². The molecule has 0 fully saturated rings. The van der Waals surface area contributed by atoms with Crippen LogP contribution in [0.2, 0.25) is 5.02 Å². The Labute approximate surface area is 180 Å². The molecule has 0 bridgehead atoms. The lowest BCUT2D eigenvalue weighted by Crippen LogP contribution is -2.42. The number of carbonyl (C=O) groups is 1. The third kappa shape index (κ3) is 3.32. The van der Waals surface area contributed by atoms with Crippen molar-refractivity contribution in [2.45, 2.75) is 18.4 Å². The molecule has 30 heavy (non-hydrogen) atoms. The topological polar surface area (TPSA) is 76.7 Å². The van der Waals surface area contributed by atoms with Crippen LogP contribution in [-0.2, 0) is 0 Å². The number of fused-ring (bicyclic) bond motifs is 1. The molecule has 0 aliphatic carbocycles. The third-order valence-electron chi connectivity index (χ3n) is 5.70. The zero-order chi connectivity index (χ0) is 21.1. The highest BCUT2D eigenvalue weighted by atomic mass is 35.5. The Morgan fingerprint density at radius 3 is 2.23 bits per heavy atom. The number of para-hydroxylation sites is 1. The van der Waals surface area contributed by atoms with Crippen molar-refractivity contribution in [2.75, 3.05) is 5.32 Å². The molecule has 0 saturated carbocycles. The molecule has 4 rings (SSSR count). The van der Waals surface area contributed by atoms with Crippen molar-refractivity contribution in [1.82, 2.24) is 0 Å². The lowest BCUT2D eigenvalue weighted by atomic mass is 9.63. The molecule has 1 heterocycles. The summed E-state index contributed by atoms with van der Waals surface area (Å²) in [5.74, 6) is -0.680. The predicted molar refractivity (Wildman–Crippen MR) is 116 cm³/mol. The first-order chi connectivity index (χ1) is 14.6. The standard InChI is InChI=1S/C25H18ClN3O/c26-19-12-10-18(11-13-19)24-25(15-27,16-28)21(20-8-4-5-9-22(20)29-24)14-23(30)17-6-2-1-3-7-17/h1-13,21,24,29H,14H2/t21-,24+/m1/s1. The Bertz CT molecular complexity index is 1150. The lowest BCUT2D eigenvalue weighted by molar-refractivity contribution is 0.0957. The number of anilines is 1. The molecule has 0 unspecified atom stereocenters. The summed E-state index contributed by atoms with van der Waals surface area (Å²) in [5, 5.41) is 24.5. The maximum atomic E-state index is 13.1. The van der Waals surface area contributed by atoms with Gasteiger partial charge in [0.25, 0.3) is 0 Å². The summed E-state index contributed by atoms with van der Waals surface area (Å²) in [6, 6.07) is 27.6. The van der Waals surface area contributed by atoms with Crippen LogP contribution >= 0.6 is 11.6 Å². The number of benzene rings is 3. The Balaban J connectivity index is 1.85. The Morgan fingerprint density at radius 1 is 0.933 bits per heavy atom. The summed E-state index contributed by atoms with van der Waals surface area (Å²) < 4.78 is 0. The van der Waals surface area contributed by atoms with E-state index < -0.39 is 17.4 Å². The molecule has 3 aromatic rings. The minimum absolute atomic E-state index is 0.0634. The van der Waals surface area contributed by atoms with Gasteiger partial charge < -0.3 is 5.32 Å². The fourth-order valence-corrected chi connectivity index (χ4v) is 4.28. The SMILES string of the molecule is N#CC1(C#N)[C@H](CC(=O)c2ccccc2)c2ccccc2N[C@H]1c1ccc(Cl)cc1. The van der Waals surface area contributed by atoms with Crippen LogP contribution in [0.3, 0.4) is 0 Å². The average molecular weight is 412 g/mol. The van der Waals surface area contributed by atoms with E-state index in [1.807, 2.05) is 54.6 Å². The number of hydrogen-bond acceptors (Lipinski definition) is 4. The highest BCUT2D eigenvalue weighted by Gasteiger charge is 2.52. The first-order valence-corrected chi connectivity index (χ1v) is 9.98. The fraction of sp³-hybridized carbons (Fsp3) is 0.160. The van der Waals surface area contributed by atoms with Crippen molar-refractivity contribution in [3.05, 3.63) is 101 Å². The fourth-order valence-electron chi connectivity index (χ4n) is 4.16. The molecule has 0 radical (unpaired) electrons. The number of ketones is 1. The molecule has 146 valence electrons. The van der Waals surface area contributed by atoms with Crippen molar-refractivity contribution in [3.63, 3.8) is 0 Å². The molecule has 3 aromatic carbocycles. The molecule has 0 spiro atoms. The van der Waals surface area contributed by atoms with E-state index in [2.05, 4.69) is 17.5 Å². The largest absolute Gasteiger partial charge is 0.375 e. The molecule has 1 aliphatic rings. The molecule has 0 amide bonds. The quantitative estimate of drug-likeness (QED) is 0.542. The van der Waals surface area contributed by atoms with Gasteiger partial charge in [0.1, 0.15) is 0 Å². The van der Waals surface area contributed by atoms with E-state index in [9.17, 15) is 15.3 Å². The van der Waals surface area contributed by atoms with Gasteiger partial charge in [-0.3, -0.25) is 4.79 Å². The van der Waals surface area contributed by atoms with Crippen LogP contribution in [0, 0.1) is 28.1 Å². The number of nitriles is 2. The number of nitrogens with zero attached hydrogens (tertiary/aromatic N) is 2.